The summed E-state index contributed by atoms with van der Waals surface area (Å²) in [5, 5.41) is 3.00. The molecule has 1 aliphatic carbocycles. The van der Waals surface area contributed by atoms with Crippen molar-refractivity contribution in [1.29, 1.82) is 0 Å². The number of hydrogen-bond donors (Lipinski definition) is 1. The molecule has 46 heavy (non-hydrogen) atoms. The summed E-state index contributed by atoms with van der Waals surface area (Å²) in [6.07, 6.45) is 8.99. The molecule has 4 heterocycles. The van der Waals surface area contributed by atoms with Gasteiger partial charge in [0, 0.05) is 30.6 Å². The SMILES string of the molecule is CC[C@@H]1[C@@H]2CN(C(=O)[C@H](C3(C)CCOCC3)NC(=O)O[C@@H]3CCC[C@H]3CCCCCc3nc4ccc(OC)cc4nc3O2)[C@@H]1C=O. The van der Waals surface area contributed by atoms with Gasteiger partial charge < -0.3 is 34.0 Å². The molecule has 0 spiro atoms. The van der Waals surface area contributed by atoms with E-state index in [1.165, 1.54) is 0 Å². The van der Waals surface area contributed by atoms with Crippen LogP contribution in [0.25, 0.3) is 11.0 Å². The van der Waals surface area contributed by atoms with E-state index in [1.807, 2.05) is 32.0 Å². The second-order valence-corrected chi connectivity index (χ2v) is 13.8. The number of carbonyl (C=O) groups excluding carboxylic acids is 3. The minimum atomic E-state index is -0.871. The average molecular weight is 637 g/mol. The third-order valence-corrected chi connectivity index (χ3v) is 10.9. The van der Waals surface area contributed by atoms with Crippen LogP contribution in [0.4, 0.5) is 4.79 Å². The van der Waals surface area contributed by atoms with E-state index in [4.69, 9.17) is 28.9 Å². The average Bonchev–Trinajstić information content (AvgIpc) is 3.65. The number of fused-ring (bicyclic) bond motifs is 5. The van der Waals surface area contributed by atoms with Crippen molar-refractivity contribution in [2.24, 2.45) is 17.3 Å². The van der Waals surface area contributed by atoms with Crippen LogP contribution in [0.5, 0.6) is 11.6 Å². The summed E-state index contributed by atoms with van der Waals surface area (Å²) in [5.41, 5.74) is 1.64. The summed E-state index contributed by atoms with van der Waals surface area (Å²) >= 11 is 0. The number of rotatable bonds is 4. The summed E-state index contributed by atoms with van der Waals surface area (Å²) in [6.45, 7) is 5.21. The van der Waals surface area contributed by atoms with Gasteiger partial charge >= 0.3 is 6.09 Å². The number of ether oxygens (including phenoxy) is 4. The summed E-state index contributed by atoms with van der Waals surface area (Å²) in [4.78, 5) is 52.2. The van der Waals surface area contributed by atoms with Crippen LogP contribution in [0.1, 0.15) is 83.7 Å². The van der Waals surface area contributed by atoms with E-state index in [9.17, 15) is 14.4 Å². The molecule has 11 nitrogen and oxygen atoms in total. The van der Waals surface area contributed by atoms with E-state index in [-0.39, 0.29) is 24.5 Å². The van der Waals surface area contributed by atoms with Crippen LogP contribution in [0.15, 0.2) is 18.2 Å². The monoisotopic (exact) mass is 636 g/mol. The zero-order chi connectivity index (χ0) is 32.3. The van der Waals surface area contributed by atoms with E-state index in [0.717, 1.165) is 62.4 Å². The van der Waals surface area contributed by atoms with Gasteiger partial charge in [0.2, 0.25) is 11.8 Å². The highest BCUT2D eigenvalue weighted by molar-refractivity contribution is 5.89. The topological polar surface area (TPSA) is 129 Å². The Labute approximate surface area is 271 Å². The van der Waals surface area contributed by atoms with Gasteiger partial charge in [-0.25, -0.2) is 14.8 Å². The van der Waals surface area contributed by atoms with Crippen molar-refractivity contribution in [2.45, 2.75) is 109 Å². The number of aromatic nitrogens is 2. The van der Waals surface area contributed by atoms with Gasteiger partial charge in [0.05, 0.1) is 30.7 Å². The molecule has 0 radical (unpaired) electrons. The number of aldehydes is 1. The maximum absolute atomic E-state index is 14.6. The van der Waals surface area contributed by atoms with Crippen molar-refractivity contribution in [3.63, 3.8) is 0 Å². The van der Waals surface area contributed by atoms with Gasteiger partial charge in [0.25, 0.3) is 0 Å². The fourth-order valence-electron chi connectivity index (χ4n) is 8.00. The maximum atomic E-state index is 14.6. The normalized spacial score (nSPS) is 30.6. The molecule has 6 rings (SSSR count). The zero-order valence-electron chi connectivity index (χ0n) is 27.4. The number of amides is 2. The molecule has 3 aliphatic heterocycles. The Morgan fingerprint density at radius 3 is 2.59 bits per heavy atom. The third kappa shape index (κ3) is 6.66. The summed E-state index contributed by atoms with van der Waals surface area (Å²) in [5.74, 6) is 0.872. The first-order chi connectivity index (χ1) is 22.3. The molecule has 0 unspecified atom stereocenters. The number of nitrogens with zero attached hydrogens (tertiary/aromatic N) is 3. The Morgan fingerprint density at radius 1 is 1.02 bits per heavy atom. The molecule has 1 saturated carbocycles. The van der Waals surface area contributed by atoms with E-state index in [1.54, 1.807) is 12.0 Å². The summed E-state index contributed by atoms with van der Waals surface area (Å²) in [6, 6.07) is 4.05. The highest BCUT2D eigenvalue weighted by Gasteiger charge is 2.50. The lowest BCUT2D eigenvalue weighted by Gasteiger charge is -2.41. The Morgan fingerprint density at radius 2 is 1.83 bits per heavy atom. The van der Waals surface area contributed by atoms with Crippen molar-refractivity contribution in [3.05, 3.63) is 23.9 Å². The van der Waals surface area contributed by atoms with Crippen LogP contribution in [0.3, 0.4) is 0 Å². The van der Waals surface area contributed by atoms with Crippen LogP contribution in [0.2, 0.25) is 0 Å². The van der Waals surface area contributed by atoms with Crippen molar-refractivity contribution in [2.75, 3.05) is 26.9 Å². The van der Waals surface area contributed by atoms with Gasteiger partial charge in [-0.15, -0.1) is 0 Å². The smallest absolute Gasteiger partial charge is 0.408 e. The molecule has 6 atom stereocenters. The molecule has 4 aliphatic rings. The van der Waals surface area contributed by atoms with E-state index < -0.39 is 29.7 Å². The number of benzene rings is 1. The fraction of sp³-hybridized carbons (Fsp3) is 0.686. The van der Waals surface area contributed by atoms with E-state index >= 15 is 0 Å². The first-order valence-corrected chi connectivity index (χ1v) is 17.2. The van der Waals surface area contributed by atoms with Crippen LogP contribution in [0, 0.1) is 17.3 Å². The molecular weight excluding hydrogens is 588 g/mol. The Balaban J connectivity index is 1.37. The number of nitrogens with one attached hydrogen (secondary N) is 1. The van der Waals surface area contributed by atoms with Crippen LogP contribution >= 0.6 is 0 Å². The molecule has 3 fully saturated rings. The van der Waals surface area contributed by atoms with Gasteiger partial charge in [0.1, 0.15) is 36.0 Å². The van der Waals surface area contributed by atoms with E-state index in [2.05, 4.69) is 5.32 Å². The molecule has 1 aromatic carbocycles. The van der Waals surface area contributed by atoms with Gasteiger partial charge in [-0.3, -0.25) is 4.79 Å². The number of carbonyl (C=O) groups is 3. The maximum Gasteiger partial charge on any atom is 0.408 e. The van der Waals surface area contributed by atoms with Crippen molar-refractivity contribution >= 4 is 29.3 Å². The predicted octanol–water partition coefficient (Wildman–Crippen LogP) is 5.02. The summed E-state index contributed by atoms with van der Waals surface area (Å²) in [7, 11) is 1.62. The van der Waals surface area contributed by atoms with Crippen LogP contribution in [-0.4, -0.2) is 84.3 Å². The van der Waals surface area contributed by atoms with E-state index in [0.29, 0.717) is 62.0 Å². The molecular formula is C35H48N4O7. The van der Waals surface area contributed by atoms with Crippen molar-refractivity contribution < 1.29 is 33.3 Å². The van der Waals surface area contributed by atoms with Gasteiger partial charge in [0.15, 0.2) is 0 Å². The molecule has 2 bridgehead atoms. The molecule has 250 valence electrons. The minimum Gasteiger partial charge on any atom is -0.497 e. The molecule has 2 amide bonds. The van der Waals surface area contributed by atoms with Crippen LogP contribution < -0.4 is 14.8 Å². The lowest BCUT2D eigenvalue weighted by Crippen LogP contribution is -2.59. The third-order valence-electron chi connectivity index (χ3n) is 10.9. The molecule has 1 N–H and O–H groups in total. The molecule has 2 saturated heterocycles. The van der Waals surface area contributed by atoms with Gasteiger partial charge in [-0.05, 0) is 75.8 Å². The second-order valence-electron chi connectivity index (χ2n) is 13.8. The van der Waals surface area contributed by atoms with Crippen LogP contribution in [-0.2, 0) is 25.5 Å². The lowest BCUT2D eigenvalue weighted by molar-refractivity contribution is -0.142. The molecule has 1 aromatic heterocycles. The zero-order valence-corrected chi connectivity index (χ0v) is 27.4. The Hall–Kier alpha value is -3.47. The predicted molar refractivity (Wildman–Crippen MR) is 171 cm³/mol. The summed E-state index contributed by atoms with van der Waals surface area (Å²) < 4.78 is 23.8. The molecule has 2 aromatic rings. The number of hydrogen-bond acceptors (Lipinski definition) is 9. The highest BCUT2D eigenvalue weighted by atomic mass is 16.6. The lowest BCUT2D eigenvalue weighted by atomic mass is 9.75. The van der Waals surface area contributed by atoms with Gasteiger partial charge in [-0.2, -0.15) is 0 Å². The fourth-order valence-corrected chi connectivity index (χ4v) is 8.00. The van der Waals surface area contributed by atoms with Gasteiger partial charge in [-0.1, -0.05) is 26.7 Å². The Kier molecular flexibility index (Phi) is 9.96. The van der Waals surface area contributed by atoms with Crippen molar-refractivity contribution in [3.8, 4) is 11.6 Å². The molecule has 11 heteroatoms. The number of aryl methyl sites for hydroxylation is 1. The number of methoxy groups -OCH3 is 1. The minimum absolute atomic E-state index is 0.163. The van der Waals surface area contributed by atoms with Crippen molar-refractivity contribution in [1.82, 2.24) is 20.2 Å². The largest absolute Gasteiger partial charge is 0.497 e. The quantitative estimate of drug-likeness (QED) is 0.460. The Bertz CT molecular complexity index is 1410. The standard InChI is InChI=1S/C35H48N4O7/c1-4-24-28(21-40)39-20-30(24)45-32-26(36-25-14-13-23(43-3)19-27(25)37-32)11-7-5-6-9-22-10-8-12-29(22)46-34(42)38-31(33(39)41)35(2)15-17-44-18-16-35/h13-14,19,21-22,24,28-31H,4-12,15-18,20H2,1-3H3,(H,38,42)/t22-,24+,28-,29-,30+,31-/m1/s1. The first-order valence-electron chi connectivity index (χ1n) is 17.2. The first kappa shape index (κ1) is 32.5. The second kappa shape index (κ2) is 14.1. The highest BCUT2D eigenvalue weighted by Crippen LogP contribution is 2.39. The number of alkyl carbamates (subject to hydrolysis) is 1.